The Hall–Kier alpha value is -1.99. The van der Waals surface area contributed by atoms with Crippen molar-refractivity contribution in [3.8, 4) is 5.75 Å². The lowest BCUT2D eigenvalue weighted by Crippen LogP contribution is -2.22. The average molecular weight is 277 g/mol. The van der Waals surface area contributed by atoms with E-state index in [4.69, 9.17) is 0 Å². The first-order valence-corrected chi connectivity index (χ1v) is 4.84. The molecule has 0 bridgehead atoms. The Morgan fingerprint density at radius 1 is 1.61 bits per heavy atom. The average Bonchev–Trinajstić information content (AvgIpc) is 2.30. The summed E-state index contributed by atoms with van der Waals surface area (Å²) < 4.78 is 41.9. The van der Waals surface area contributed by atoms with E-state index < -0.39 is 23.6 Å². The van der Waals surface area contributed by atoms with Crippen LogP contribution in [0.25, 0.3) is 0 Å². The zero-order valence-corrected chi connectivity index (χ0v) is 9.72. The summed E-state index contributed by atoms with van der Waals surface area (Å²) in [5.74, 6) is -0.719. The van der Waals surface area contributed by atoms with Gasteiger partial charge >= 0.3 is 12.3 Å². The maximum Gasteiger partial charge on any atom is 0.418 e. The zero-order valence-electron chi connectivity index (χ0n) is 8.91. The molecule has 1 amide bonds. The van der Waals surface area contributed by atoms with Crippen LogP contribution in [-0.4, -0.2) is 23.3 Å². The number of aliphatic imine (C=N–C) groups is 1. The lowest BCUT2D eigenvalue weighted by Gasteiger charge is -2.09. The predicted molar refractivity (Wildman–Crippen MR) is 59.0 cm³/mol. The monoisotopic (exact) mass is 277 g/mol. The van der Waals surface area contributed by atoms with Crippen LogP contribution in [0.4, 0.5) is 23.8 Å². The topological polar surface area (TPSA) is 63.6 Å². The predicted octanol–water partition coefficient (Wildman–Crippen LogP) is 2.55. The molecule has 0 aliphatic rings. The number of carbonyl (C=O) groups excluding carboxylic acids is 1. The number of aromatic nitrogens is 1. The number of isothiocyanates is 1. The SMILES string of the molecule is CNC(=O)Oc1cc(C(F)(F)F)cnc1N=C=S. The second-order valence-corrected chi connectivity index (χ2v) is 3.07. The Bertz CT molecular complexity index is 512. The van der Waals surface area contributed by atoms with Gasteiger partial charge < -0.3 is 10.1 Å². The number of hydrogen-bond donors (Lipinski definition) is 1. The minimum Gasteiger partial charge on any atom is -0.406 e. The number of alkyl halides is 3. The minimum absolute atomic E-state index is 0.262. The van der Waals surface area contributed by atoms with Crippen LogP contribution in [0.15, 0.2) is 17.3 Å². The summed E-state index contributed by atoms with van der Waals surface area (Å²) >= 11 is 4.31. The zero-order chi connectivity index (χ0) is 13.8. The van der Waals surface area contributed by atoms with Gasteiger partial charge in [-0.3, -0.25) is 0 Å². The van der Waals surface area contributed by atoms with E-state index in [9.17, 15) is 18.0 Å². The molecule has 1 N–H and O–H groups in total. The molecule has 1 heterocycles. The molecule has 0 radical (unpaired) electrons. The van der Waals surface area contributed by atoms with E-state index in [1.165, 1.54) is 7.05 Å². The molecule has 1 aromatic rings. The summed E-state index contributed by atoms with van der Waals surface area (Å²) in [7, 11) is 1.26. The van der Waals surface area contributed by atoms with E-state index in [-0.39, 0.29) is 5.82 Å². The number of rotatable bonds is 2. The highest BCUT2D eigenvalue weighted by atomic mass is 32.1. The number of carbonyl (C=O) groups is 1. The molecule has 0 atom stereocenters. The number of nitrogens with one attached hydrogen (secondary N) is 1. The van der Waals surface area contributed by atoms with Crippen LogP contribution >= 0.6 is 12.2 Å². The van der Waals surface area contributed by atoms with Gasteiger partial charge in [0, 0.05) is 13.2 Å². The molecule has 9 heteroatoms. The smallest absolute Gasteiger partial charge is 0.406 e. The van der Waals surface area contributed by atoms with Gasteiger partial charge in [-0.25, -0.2) is 9.78 Å². The van der Waals surface area contributed by atoms with Crippen molar-refractivity contribution in [2.45, 2.75) is 6.18 Å². The number of nitrogens with zero attached hydrogens (tertiary/aromatic N) is 2. The highest BCUT2D eigenvalue weighted by molar-refractivity contribution is 7.78. The van der Waals surface area contributed by atoms with Gasteiger partial charge in [0.1, 0.15) is 0 Å². The second kappa shape index (κ2) is 5.56. The maximum absolute atomic E-state index is 12.4. The van der Waals surface area contributed by atoms with Gasteiger partial charge in [-0.2, -0.15) is 18.2 Å². The first kappa shape index (κ1) is 14.1. The molecule has 0 unspecified atom stereocenters. The summed E-state index contributed by atoms with van der Waals surface area (Å²) in [6, 6.07) is 0.605. The highest BCUT2D eigenvalue weighted by Crippen LogP contribution is 2.34. The minimum atomic E-state index is -4.60. The molecule has 1 rings (SSSR count). The van der Waals surface area contributed by atoms with E-state index in [1.54, 1.807) is 0 Å². The third-order valence-electron chi connectivity index (χ3n) is 1.72. The van der Waals surface area contributed by atoms with Crippen molar-refractivity contribution in [3.63, 3.8) is 0 Å². The maximum atomic E-state index is 12.4. The summed E-state index contributed by atoms with van der Waals surface area (Å²) in [6.07, 6.45) is -4.99. The van der Waals surface area contributed by atoms with Crippen LogP contribution in [0, 0.1) is 0 Å². The molecule has 96 valence electrons. The van der Waals surface area contributed by atoms with Crippen LogP contribution in [0.1, 0.15) is 5.56 Å². The molecule has 0 saturated carbocycles. The Labute approximate surface area is 105 Å². The molecule has 0 aromatic carbocycles. The quantitative estimate of drug-likeness (QED) is 0.666. The summed E-state index contributed by atoms with van der Waals surface area (Å²) in [4.78, 5) is 17.8. The Balaban J connectivity index is 3.23. The van der Waals surface area contributed by atoms with Crippen molar-refractivity contribution >= 4 is 29.3 Å². The van der Waals surface area contributed by atoms with Crippen molar-refractivity contribution in [2.75, 3.05) is 7.05 Å². The summed E-state index contributed by atoms with van der Waals surface area (Å²) in [5, 5.41) is 4.01. The first-order valence-electron chi connectivity index (χ1n) is 4.43. The van der Waals surface area contributed by atoms with Crippen LogP contribution in [-0.2, 0) is 6.18 Å². The van der Waals surface area contributed by atoms with Crippen LogP contribution in [0.3, 0.4) is 0 Å². The van der Waals surface area contributed by atoms with Crippen molar-refractivity contribution in [1.82, 2.24) is 10.3 Å². The third-order valence-corrected chi connectivity index (χ3v) is 1.81. The molecule has 0 fully saturated rings. The van der Waals surface area contributed by atoms with Gasteiger partial charge in [0.05, 0.1) is 10.7 Å². The number of ether oxygens (including phenoxy) is 1. The number of hydrogen-bond acceptors (Lipinski definition) is 5. The van der Waals surface area contributed by atoms with Crippen LogP contribution in [0.2, 0.25) is 0 Å². The van der Waals surface area contributed by atoms with E-state index in [0.717, 1.165) is 0 Å². The van der Waals surface area contributed by atoms with Gasteiger partial charge in [-0.1, -0.05) is 0 Å². The molecule has 0 aliphatic heterocycles. The summed E-state index contributed by atoms with van der Waals surface area (Å²) in [5.41, 5.74) is -1.07. The van der Waals surface area contributed by atoms with Gasteiger partial charge in [0.15, 0.2) is 5.75 Å². The third kappa shape index (κ3) is 3.51. The van der Waals surface area contributed by atoms with Crippen molar-refractivity contribution < 1.29 is 22.7 Å². The van der Waals surface area contributed by atoms with Gasteiger partial charge in [-0.15, -0.1) is 0 Å². The van der Waals surface area contributed by atoms with Crippen molar-refractivity contribution in [3.05, 3.63) is 17.8 Å². The molecule has 5 nitrogen and oxygen atoms in total. The van der Waals surface area contributed by atoms with E-state index in [2.05, 4.69) is 32.2 Å². The Morgan fingerprint density at radius 2 is 2.28 bits per heavy atom. The molecule has 0 spiro atoms. The molecular formula is C9H6F3N3O2S. The molecular weight excluding hydrogens is 271 g/mol. The largest absolute Gasteiger partial charge is 0.418 e. The Kier molecular flexibility index (Phi) is 4.35. The van der Waals surface area contributed by atoms with Crippen LogP contribution in [0.5, 0.6) is 5.75 Å². The number of thiocarbonyl (C=S) groups is 1. The second-order valence-electron chi connectivity index (χ2n) is 2.89. The highest BCUT2D eigenvalue weighted by Gasteiger charge is 2.32. The van der Waals surface area contributed by atoms with E-state index in [1.807, 2.05) is 5.16 Å². The fraction of sp³-hybridized carbons (Fsp3) is 0.222. The van der Waals surface area contributed by atoms with Crippen molar-refractivity contribution in [2.24, 2.45) is 4.99 Å². The molecule has 0 aliphatic carbocycles. The molecule has 18 heavy (non-hydrogen) atoms. The molecule has 1 aromatic heterocycles. The summed E-state index contributed by atoms with van der Waals surface area (Å²) in [6.45, 7) is 0. The number of amides is 1. The fourth-order valence-electron chi connectivity index (χ4n) is 0.946. The number of halogens is 3. The normalized spacial score (nSPS) is 10.4. The number of pyridine rings is 1. The fourth-order valence-corrected chi connectivity index (χ4v) is 1.03. The van der Waals surface area contributed by atoms with Crippen molar-refractivity contribution in [1.29, 1.82) is 0 Å². The standard InChI is InChI=1S/C9H6F3N3O2S/c1-13-8(16)17-6-2-5(9(10,11)12)3-14-7(6)15-4-18/h2-3H,1H3,(H,13,16). The molecule has 0 saturated heterocycles. The lowest BCUT2D eigenvalue weighted by molar-refractivity contribution is -0.137. The Morgan fingerprint density at radius 3 is 2.78 bits per heavy atom. The van der Waals surface area contributed by atoms with Crippen LogP contribution < -0.4 is 10.1 Å². The van der Waals surface area contributed by atoms with E-state index >= 15 is 0 Å². The van der Waals surface area contributed by atoms with Gasteiger partial charge in [0.2, 0.25) is 5.82 Å². The van der Waals surface area contributed by atoms with E-state index in [0.29, 0.717) is 12.3 Å². The van der Waals surface area contributed by atoms with Gasteiger partial charge in [0.25, 0.3) is 0 Å². The lowest BCUT2D eigenvalue weighted by atomic mass is 10.2. The first-order chi connectivity index (χ1) is 8.38. The van der Waals surface area contributed by atoms with Gasteiger partial charge in [-0.05, 0) is 18.3 Å².